The third-order valence-corrected chi connectivity index (χ3v) is 6.57. The molecule has 0 bridgehead atoms. The monoisotopic (exact) mass is 433 g/mol. The number of rotatable bonds is 3. The van der Waals surface area contributed by atoms with E-state index in [1.54, 1.807) is 37.0 Å². The molecule has 0 atom stereocenters. The van der Waals surface area contributed by atoms with Crippen molar-refractivity contribution in [1.29, 1.82) is 0 Å². The van der Waals surface area contributed by atoms with Gasteiger partial charge in [-0.15, -0.1) is 0 Å². The number of methoxy groups -OCH3 is 2. The zero-order valence-electron chi connectivity index (χ0n) is 18.5. The van der Waals surface area contributed by atoms with E-state index in [1.807, 2.05) is 17.0 Å². The summed E-state index contributed by atoms with van der Waals surface area (Å²) in [7, 11) is 3.24. The van der Waals surface area contributed by atoms with Gasteiger partial charge in [0.05, 0.1) is 25.1 Å². The molecule has 3 heterocycles. The van der Waals surface area contributed by atoms with E-state index >= 15 is 0 Å². The van der Waals surface area contributed by atoms with Crippen molar-refractivity contribution >= 4 is 16.8 Å². The molecule has 0 aliphatic carbocycles. The Labute approximate surface area is 186 Å². The van der Waals surface area contributed by atoms with Crippen LogP contribution < -0.4 is 15.0 Å². The molecule has 0 radical (unpaired) electrons. The Morgan fingerprint density at radius 3 is 2.50 bits per heavy atom. The van der Waals surface area contributed by atoms with Crippen LogP contribution in [0.4, 0.5) is 0 Å². The van der Waals surface area contributed by atoms with Gasteiger partial charge in [-0.1, -0.05) is 6.42 Å². The molecule has 0 saturated carbocycles. The number of hydrogen-bond donors (Lipinski definition) is 0. The minimum Gasteiger partial charge on any atom is -0.493 e. The van der Waals surface area contributed by atoms with E-state index in [1.165, 1.54) is 5.56 Å². The van der Waals surface area contributed by atoms with Crippen LogP contribution in [0.2, 0.25) is 0 Å². The lowest BCUT2D eigenvalue weighted by molar-refractivity contribution is 0.0734. The van der Waals surface area contributed by atoms with Crippen molar-refractivity contribution in [2.24, 2.45) is 0 Å². The molecule has 0 fully saturated rings. The maximum absolute atomic E-state index is 13.3. The largest absolute Gasteiger partial charge is 0.493 e. The van der Waals surface area contributed by atoms with E-state index < -0.39 is 0 Å². The van der Waals surface area contributed by atoms with Crippen LogP contribution in [0.5, 0.6) is 11.5 Å². The minimum atomic E-state index is -0.0517. The summed E-state index contributed by atoms with van der Waals surface area (Å²) in [6, 6.07) is 9.22. The molecule has 32 heavy (non-hydrogen) atoms. The molecule has 7 heteroatoms. The van der Waals surface area contributed by atoms with Crippen LogP contribution in [0, 0.1) is 0 Å². The lowest BCUT2D eigenvalue weighted by Crippen LogP contribution is -2.36. The lowest BCUT2D eigenvalue weighted by atomic mass is 9.98. The van der Waals surface area contributed by atoms with Gasteiger partial charge in [0.15, 0.2) is 11.5 Å². The van der Waals surface area contributed by atoms with Crippen LogP contribution in [-0.2, 0) is 25.9 Å². The number of aryl methyl sites for hydroxylation is 1. The first-order chi connectivity index (χ1) is 15.6. The van der Waals surface area contributed by atoms with Gasteiger partial charge in [0.1, 0.15) is 5.82 Å². The third-order valence-electron chi connectivity index (χ3n) is 6.57. The van der Waals surface area contributed by atoms with Crippen LogP contribution in [0.25, 0.3) is 10.9 Å². The van der Waals surface area contributed by atoms with Crippen molar-refractivity contribution in [3.8, 4) is 11.5 Å². The van der Waals surface area contributed by atoms with E-state index in [2.05, 4.69) is 0 Å². The van der Waals surface area contributed by atoms with E-state index in [0.717, 1.165) is 50.0 Å². The second kappa shape index (κ2) is 8.30. The summed E-state index contributed by atoms with van der Waals surface area (Å²) < 4.78 is 12.6. The van der Waals surface area contributed by atoms with Crippen LogP contribution in [-0.4, -0.2) is 41.1 Å². The second-order valence-corrected chi connectivity index (χ2v) is 8.48. The van der Waals surface area contributed by atoms with Gasteiger partial charge in [-0.2, -0.15) is 0 Å². The third kappa shape index (κ3) is 3.51. The zero-order valence-corrected chi connectivity index (χ0v) is 18.5. The van der Waals surface area contributed by atoms with Gasteiger partial charge in [-0.25, -0.2) is 4.98 Å². The number of benzene rings is 2. The lowest BCUT2D eigenvalue weighted by Gasteiger charge is -2.29. The van der Waals surface area contributed by atoms with Crippen molar-refractivity contribution < 1.29 is 14.3 Å². The van der Waals surface area contributed by atoms with Gasteiger partial charge in [0.2, 0.25) is 0 Å². The molecular formula is C25H27N3O4. The van der Waals surface area contributed by atoms with Crippen molar-refractivity contribution in [2.75, 3.05) is 20.8 Å². The SMILES string of the molecule is COc1cc2c(cc1OC)CN(C(=O)c1ccc3c(=O)n4c(nc3c1)CCCCC4)CC2. The van der Waals surface area contributed by atoms with Gasteiger partial charge < -0.3 is 14.4 Å². The summed E-state index contributed by atoms with van der Waals surface area (Å²) in [5, 5.41) is 0.577. The van der Waals surface area contributed by atoms with Gasteiger partial charge >= 0.3 is 0 Å². The fraction of sp³-hybridized carbons (Fsp3) is 0.400. The molecule has 0 saturated heterocycles. The molecule has 166 valence electrons. The first-order valence-corrected chi connectivity index (χ1v) is 11.2. The summed E-state index contributed by atoms with van der Waals surface area (Å²) in [6.07, 6.45) is 4.71. The van der Waals surface area contributed by atoms with Crippen molar-refractivity contribution in [3.63, 3.8) is 0 Å². The molecular weight excluding hydrogens is 406 g/mol. The number of nitrogens with zero attached hydrogens (tertiary/aromatic N) is 3. The van der Waals surface area contributed by atoms with E-state index in [-0.39, 0.29) is 11.5 Å². The second-order valence-electron chi connectivity index (χ2n) is 8.48. The van der Waals surface area contributed by atoms with Crippen molar-refractivity contribution in [1.82, 2.24) is 14.5 Å². The van der Waals surface area contributed by atoms with Crippen LogP contribution in [0.3, 0.4) is 0 Å². The van der Waals surface area contributed by atoms with Gasteiger partial charge in [0.25, 0.3) is 11.5 Å². The standard InChI is InChI=1S/C25H27N3O4/c1-31-21-13-16-9-11-27(15-18(16)14-22(21)32-2)24(29)17-7-8-19-20(12-17)26-23-6-4-3-5-10-28(23)25(19)30/h7-8,12-14H,3-6,9-11,15H2,1-2H3. The van der Waals surface area contributed by atoms with Gasteiger partial charge in [0, 0.05) is 31.6 Å². The van der Waals surface area contributed by atoms with Crippen LogP contribution in [0.15, 0.2) is 35.1 Å². The number of carbonyl (C=O) groups is 1. The number of carbonyl (C=O) groups excluding carboxylic acids is 1. The quantitative estimate of drug-likeness (QED) is 0.633. The Hall–Kier alpha value is -3.35. The molecule has 3 aromatic rings. The highest BCUT2D eigenvalue weighted by Crippen LogP contribution is 2.33. The fourth-order valence-corrected chi connectivity index (χ4v) is 4.79. The van der Waals surface area contributed by atoms with Crippen molar-refractivity contribution in [2.45, 2.75) is 45.2 Å². The summed E-state index contributed by atoms with van der Waals surface area (Å²) in [5.74, 6) is 2.15. The highest BCUT2D eigenvalue weighted by atomic mass is 16.5. The Morgan fingerprint density at radius 1 is 0.938 bits per heavy atom. The average molecular weight is 434 g/mol. The van der Waals surface area contributed by atoms with E-state index in [0.29, 0.717) is 41.1 Å². The fourth-order valence-electron chi connectivity index (χ4n) is 4.79. The predicted molar refractivity (Wildman–Crippen MR) is 122 cm³/mol. The van der Waals surface area contributed by atoms with Crippen LogP contribution >= 0.6 is 0 Å². The highest BCUT2D eigenvalue weighted by Gasteiger charge is 2.24. The molecule has 5 rings (SSSR count). The summed E-state index contributed by atoms with van der Waals surface area (Å²) in [4.78, 5) is 32.9. The molecule has 7 nitrogen and oxygen atoms in total. The molecule has 2 aliphatic heterocycles. The van der Waals surface area contributed by atoms with E-state index in [4.69, 9.17) is 14.5 Å². The number of amides is 1. The summed E-state index contributed by atoms with van der Waals surface area (Å²) >= 11 is 0. The number of fused-ring (bicyclic) bond motifs is 3. The predicted octanol–water partition coefficient (Wildman–Crippen LogP) is 3.34. The normalized spacial score (nSPS) is 15.6. The first-order valence-electron chi connectivity index (χ1n) is 11.2. The van der Waals surface area contributed by atoms with E-state index in [9.17, 15) is 9.59 Å². The maximum Gasteiger partial charge on any atom is 0.261 e. The van der Waals surface area contributed by atoms with Gasteiger partial charge in [-0.05, 0) is 60.7 Å². The Balaban J connectivity index is 1.46. The Bertz CT molecular complexity index is 1260. The molecule has 1 aromatic heterocycles. The highest BCUT2D eigenvalue weighted by molar-refractivity contribution is 5.97. The van der Waals surface area contributed by atoms with Crippen LogP contribution in [0.1, 0.15) is 46.6 Å². The first kappa shape index (κ1) is 20.5. The molecule has 0 spiro atoms. The minimum absolute atomic E-state index is 0.00107. The van der Waals surface area contributed by atoms with Crippen molar-refractivity contribution in [3.05, 3.63) is 63.2 Å². The summed E-state index contributed by atoms with van der Waals surface area (Å²) in [6.45, 7) is 1.85. The number of ether oxygens (including phenoxy) is 2. The maximum atomic E-state index is 13.3. The molecule has 0 N–H and O–H groups in total. The number of aromatic nitrogens is 2. The Morgan fingerprint density at radius 2 is 1.72 bits per heavy atom. The zero-order chi connectivity index (χ0) is 22.2. The van der Waals surface area contributed by atoms with Gasteiger partial charge in [-0.3, -0.25) is 14.2 Å². The summed E-state index contributed by atoms with van der Waals surface area (Å²) in [5.41, 5.74) is 3.40. The average Bonchev–Trinajstić information content (AvgIpc) is 3.07. The molecule has 1 amide bonds. The molecule has 0 unspecified atom stereocenters. The molecule has 2 aromatic carbocycles. The molecule has 2 aliphatic rings. The number of hydrogen-bond acceptors (Lipinski definition) is 5. The topological polar surface area (TPSA) is 73.7 Å². The smallest absolute Gasteiger partial charge is 0.261 e. The Kier molecular flexibility index (Phi) is 5.33.